The summed E-state index contributed by atoms with van der Waals surface area (Å²) < 4.78 is 0. The van der Waals surface area contributed by atoms with E-state index in [1.54, 1.807) is 0 Å². The summed E-state index contributed by atoms with van der Waals surface area (Å²) in [7, 11) is 0. The van der Waals surface area contributed by atoms with Gasteiger partial charge in [-0.15, -0.1) is 0 Å². The molecule has 0 aliphatic rings. The molecule has 0 aliphatic heterocycles. The molecule has 2 heterocycles. The van der Waals surface area contributed by atoms with Crippen LogP contribution in [0.2, 0.25) is 0 Å². The average Bonchev–Trinajstić information content (AvgIpc) is 2.53. The number of aromatic amines is 1. The number of thiazole rings is 1. The number of benzene rings is 1. The number of fused-ring (bicyclic) bond motifs is 2. The molecule has 0 bridgehead atoms. The van der Waals surface area contributed by atoms with Crippen LogP contribution in [-0.2, 0) is 0 Å². The van der Waals surface area contributed by atoms with Crippen LogP contribution in [0.3, 0.4) is 0 Å². The van der Waals surface area contributed by atoms with Gasteiger partial charge in [0, 0.05) is 0 Å². The molecule has 0 saturated carbocycles. The molecular formula is C9H5N3OS. The van der Waals surface area contributed by atoms with Crippen LogP contribution in [0.1, 0.15) is 0 Å². The van der Waals surface area contributed by atoms with Gasteiger partial charge in [-0.3, -0.25) is 9.78 Å². The van der Waals surface area contributed by atoms with Gasteiger partial charge >= 0.3 is 4.87 Å². The fourth-order valence-electron chi connectivity index (χ4n) is 1.35. The fourth-order valence-corrected chi connectivity index (χ4v) is 2.01. The van der Waals surface area contributed by atoms with Crippen molar-refractivity contribution in [2.24, 2.45) is 0 Å². The van der Waals surface area contributed by atoms with Crippen LogP contribution < -0.4 is 4.87 Å². The van der Waals surface area contributed by atoms with Crippen LogP contribution in [0.25, 0.3) is 21.5 Å². The molecule has 0 atom stereocenters. The molecule has 0 radical (unpaired) electrons. The van der Waals surface area contributed by atoms with E-state index in [1.165, 1.54) is 0 Å². The Labute approximate surface area is 82.3 Å². The molecule has 5 heteroatoms. The number of para-hydroxylation sites is 2. The first-order chi connectivity index (χ1) is 6.83. The van der Waals surface area contributed by atoms with Gasteiger partial charge in [0.25, 0.3) is 0 Å². The summed E-state index contributed by atoms with van der Waals surface area (Å²) in [5.41, 5.74) is 2.18. The van der Waals surface area contributed by atoms with Crippen LogP contribution in [0, 0.1) is 0 Å². The normalized spacial score (nSPS) is 11.1. The summed E-state index contributed by atoms with van der Waals surface area (Å²) in [5.74, 6) is 0. The lowest BCUT2D eigenvalue weighted by molar-refractivity contribution is 1.30. The Bertz CT molecular complexity index is 615. The third-order valence-corrected chi connectivity index (χ3v) is 2.71. The van der Waals surface area contributed by atoms with Gasteiger partial charge in [0.1, 0.15) is 0 Å². The Morgan fingerprint density at radius 3 is 2.64 bits per heavy atom. The number of rotatable bonds is 0. The van der Waals surface area contributed by atoms with Crippen LogP contribution in [0.5, 0.6) is 0 Å². The number of H-pyrrole nitrogens is 1. The Hall–Kier alpha value is -1.75. The van der Waals surface area contributed by atoms with Crippen LogP contribution in [-0.4, -0.2) is 15.0 Å². The van der Waals surface area contributed by atoms with Crippen molar-refractivity contribution < 1.29 is 0 Å². The first-order valence-electron chi connectivity index (χ1n) is 4.08. The Morgan fingerprint density at radius 1 is 1.14 bits per heavy atom. The van der Waals surface area contributed by atoms with E-state index in [1.807, 2.05) is 24.3 Å². The average molecular weight is 203 g/mol. The van der Waals surface area contributed by atoms with Crippen LogP contribution in [0.4, 0.5) is 0 Å². The highest BCUT2D eigenvalue weighted by atomic mass is 32.1. The van der Waals surface area contributed by atoms with Gasteiger partial charge in [-0.05, 0) is 12.1 Å². The maximum absolute atomic E-state index is 11.1. The molecule has 0 saturated heterocycles. The van der Waals surface area contributed by atoms with E-state index < -0.39 is 0 Å². The molecule has 4 nitrogen and oxygen atoms in total. The lowest BCUT2D eigenvalue weighted by Gasteiger charge is -1.93. The molecule has 1 N–H and O–H groups in total. The summed E-state index contributed by atoms with van der Waals surface area (Å²) in [6.45, 7) is 0. The van der Waals surface area contributed by atoms with E-state index in [0.717, 1.165) is 22.4 Å². The predicted octanol–water partition coefficient (Wildman–Crippen LogP) is 1.53. The molecule has 68 valence electrons. The van der Waals surface area contributed by atoms with Crippen molar-refractivity contribution in [3.05, 3.63) is 33.9 Å². The van der Waals surface area contributed by atoms with Crippen molar-refractivity contribution in [1.29, 1.82) is 0 Å². The smallest absolute Gasteiger partial charge is 0.296 e. The number of nitrogens with zero attached hydrogens (tertiary/aromatic N) is 2. The number of hydrogen-bond donors (Lipinski definition) is 1. The van der Waals surface area contributed by atoms with Crippen LogP contribution >= 0.6 is 11.3 Å². The zero-order valence-corrected chi connectivity index (χ0v) is 7.84. The molecule has 14 heavy (non-hydrogen) atoms. The van der Waals surface area contributed by atoms with E-state index in [-0.39, 0.29) is 4.87 Å². The second kappa shape index (κ2) is 2.62. The van der Waals surface area contributed by atoms with Gasteiger partial charge in [-0.2, -0.15) is 0 Å². The Kier molecular flexibility index (Phi) is 1.43. The quantitative estimate of drug-likeness (QED) is 0.602. The highest BCUT2D eigenvalue weighted by Crippen LogP contribution is 2.14. The van der Waals surface area contributed by atoms with Gasteiger partial charge in [-0.25, -0.2) is 9.97 Å². The van der Waals surface area contributed by atoms with Crippen molar-refractivity contribution in [3.63, 3.8) is 0 Å². The molecule has 0 aliphatic carbocycles. The van der Waals surface area contributed by atoms with E-state index >= 15 is 0 Å². The number of aromatic nitrogens is 3. The minimum absolute atomic E-state index is 0.115. The van der Waals surface area contributed by atoms with E-state index in [4.69, 9.17) is 0 Å². The van der Waals surface area contributed by atoms with Crippen LogP contribution in [0.15, 0.2) is 29.1 Å². The lowest BCUT2D eigenvalue weighted by Crippen LogP contribution is -1.91. The molecule has 1 aromatic carbocycles. The van der Waals surface area contributed by atoms with Crippen molar-refractivity contribution in [3.8, 4) is 0 Å². The molecule has 0 spiro atoms. The molecule has 3 aromatic rings. The summed E-state index contributed by atoms with van der Waals surface area (Å²) in [6.07, 6.45) is 0. The SMILES string of the molecule is O=c1[nH]c2nc3ccccc3nc2s1. The number of hydrogen-bond acceptors (Lipinski definition) is 4. The monoisotopic (exact) mass is 203 g/mol. The first kappa shape index (κ1) is 7.64. The summed E-state index contributed by atoms with van der Waals surface area (Å²) >= 11 is 1.08. The molecule has 0 unspecified atom stereocenters. The minimum atomic E-state index is -0.115. The van der Waals surface area contributed by atoms with E-state index in [0.29, 0.717) is 10.5 Å². The lowest BCUT2D eigenvalue weighted by atomic mass is 10.3. The first-order valence-corrected chi connectivity index (χ1v) is 4.90. The molecule has 0 amide bonds. The van der Waals surface area contributed by atoms with Gasteiger partial charge in [0.2, 0.25) is 0 Å². The maximum atomic E-state index is 11.1. The van der Waals surface area contributed by atoms with Gasteiger partial charge in [-0.1, -0.05) is 23.5 Å². The molecule has 0 fully saturated rings. The van der Waals surface area contributed by atoms with E-state index in [2.05, 4.69) is 15.0 Å². The van der Waals surface area contributed by atoms with Crippen molar-refractivity contribution in [2.45, 2.75) is 0 Å². The van der Waals surface area contributed by atoms with Gasteiger partial charge < -0.3 is 0 Å². The second-order valence-electron chi connectivity index (χ2n) is 2.88. The Morgan fingerprint density at radius 2 is 1.86 bits per heavy atom. The summed E-state index contributed by atoms with van der Waals surface area (Å²) in [6, 6.07) is 7.55. The second-order valence-corrected chi connectivity index (χ2v) is 3.84. The van der Waals surface area contributed by atoms with E-state index in [9.17, 15) is 4.79 Å². The highest BCUT2D eigenvalue weighted by Gasteiger charge is 2.03. The summed E-state index contributed by atoms with van der Waals surface area (Å²) in [4.78, 5) is 22.9. The summed E-state index contributed by atoms with van der Waals surface area (Å²) in [5, 5.41) is 0. The third kappa shape index (κ3) is 1.03. The van der Waals surface area contributed by atoms with Gasteiger partial charge in [0.05, 0.1) is 11.0 Å². The minimum Gasteiger partial charge on any atom is -0.296 e. The fraction of sp³-hybridized carbons (Fsp3) is 0. The van der Waals surface area contributed by atoms with Gasteiger partial charge in [0.15, 0.2) is 10.5 Å². The standard InChI is InChI=1S/C9H5N3OS/c13-9-12-7-8(14-9)11-6-4-2-1-3-5(6)10-7/h1-4H,(H,10,12,13). The molecular weight excluding hydrogens is 198 g/mol. The Balaban J connectivity index is 2.57. The molecule has 2 aromatic heterocycles. The highest BCUT2D eigenvalue weighted by molar-refractivity contribution is 7.15. The topological polar surface area (TPSA) is 58.6 Å². The largest absolute Gasteiger partial charge is 0.308 e. The predicted molar refractivity (Wildman–Crippen MR) is 55.5 cm³/mol. The molecule has 3 rings (SSSR count). The number of nitrogens with one attached hydrogen (secondary N) is 1. The zero-order valence-electron chi connectivity index (χ0n) is 7.02. The van der Waals surface area contributed by atoms with Crippen molar-refractivity contribution in [2.75, 3.05) is 0 Å². The maximum Gasteiger partial charge on any atom is 0.308 e. The third-order valence-electron chi connectivity index (χ3n) is 1.95. The van der Waals surface area contributed by atoms with Crippen molar-refractivity contribution >= 4 is 32.8 Å². The van der Waals surface area contributed by atoms with Crippen molar-refractivity contribution in [1.82, 2.24) is 15.0 Å². The zero-order chi connectivity index (χ0) is 9.54.